The lowest BCUT2D eigenvalue weighted by Gasteiger charge is -2.31. The topological polar surface area (TPSA) is 84.5 Å². The Morgan fingerprint density at radius 3 is 2.70 bits per heavy atom. The molecule has 0 aromatic carbocycles. The number of carbonyl (C=O) groups excluding carboxylic acids is 1. The van der Waals surface area contributed by atoms with Crippen molar-refractivity contribution in [3.8, 4) is 0 Å². The van der Waals surface area contributed by atoms with Crippen LogP contribution in [0.1, 0.15) is 47.7 Å². The fourth-order valence-corrected chi connectivity index (χ4v) is 4.44. The van der Waals surface area contributed by atoms with Crippen LogP contribution in [0.15, 0.2) is 4.79 Å². The smallest absolute Gasteiger partial charge is 0.348 e. The van der Waals surface area contributed by atoms with Gasteiger partial charge in [-0.25, -0.2) is 9.78 Å². The van der Waals surface area contributed by atoms with Crippen LogP contribution in [0.5, 0.6) is 0 Å². The molecule has 1 aliphatic rings. The Balaban J connectivity index is 1.70. The molecule has 148 valence electrons. The van der Waals surface area contributed by atoms with E-state index in [1.54, 1.807) is 6.92 Å². The summed E-state index contributed by atoms with van der Waals surface area (Å²) in [5.41, 5.74) is 0.430. The van der Waals surface area contributed by atoms with Crippen LogP contribution in [0.4, 0.5) is 0 Å². The van der Waals surface area contributed by atoms with Crippen molar-refractivity contribution in [1.82, 2.24) is 14.9 Å². The lowest BCUT2D eigenvalue weighted by atomic mass is 10.1. The number of hydrogen-bond donors (Lipinski definition) is 1. The Hall–Kier alpha value is -1.77. The van der Waals surface area contributed by atoms with E-state index in [0.717, 1.165) is 32.5 Å². The molecule has 0 saturated carbocycles. The minimum Gasteiger partial charge on any atom is -0.465 e. The summed E-state index contributed by atoms with van der Waals surface area (Å²) in [6, 6.07) is 0. The van der Waals surface area contributed by atoms with Gasteiger partial charge in [-0.05, 0) is 31.2 Å². The van der Waals surface area contributed by atoms with Gasteiger partial charge in [-0.15, -0.1) is 11.3 Å². The van der Waals surface area contributed by atoms with Crippen molar-refractivity contribution in [3.63, 3.8) is 0 Å². The van der Waals surface area contributed by atoms with Gasteiger partial charge in [0.1, 0.15) is 15.5 Å². The highest BCUT2D eigenvalue weighted by Crippen LogP contribution is 2.27. The fraction of sp³-hybridized carbons (Fsp3) is 0.632. The number of thiophene rings is 1. The summed E-state index contributed by atoms with van der Waals surface area (Å²) in [5.74, 6) is 0.750. The lowest BCUT2D eigenvalue weighted by molar-refractivity contribution is -0.00624. The maximum atomic E-state index is 12.5. The molecule has 0 bridgehead atoms. The minimum absolute atomic E-state index is 0.200. The quantitative estimate of drug-likeness (QED) is 0.760. The number of nitrogens with zero attached hydrogens (tertiary/aromatic N) is 2. The van der Waals surface area contributed by atoms with Gasteiger partial charge in [-0.3, -0.25) is 9.69 Å². The molecule has 0 atom stereocenters. The number of H-pyrrole nitrogens is 1. The summed E-state index contributed by atoms with van der Waals surface area (Å²) < 4.78 is 10.7. The van der Waals surface area contributed by atoms with E-state index in [1.165, 1.54) is 18.4 Å². The van der Waals surface area contributed by atoms with Gasteiger partial charge < -0.3 is 14.5 Å². The van der Waals surface area contributed by atoms with E-state index in [2.05, 4.69) is 28.7 Å². The van der Waals surface area contributed by atoms with E-state index in [4.69, 9.17) is 9.47 Å². The van der Waals surface area contributed by atoms with Crippen molar-refractivity contribution in [2.24, 2.45) is 5.92 Å². The van der Waals surface area contributed by atoms with Gasteiger partial charge >= 0.3 is 5.97 Å². The molecule has 1 fully saturated rings. The van der Waals surface area contributed by atoms with Crippen LogP contribution >= 0.6 is 11.3 Å². The summed E-state index contributed by atoms with van der Waals surface area (Å²) in [6.45, 7) is 9.30. The number of aromatic amines is 1. The fourth-order valence-electron chi connectivity index (χ4n) is 3.33. The van der Waals surface area contributed by atoms with Crippen LogP contribution in [0, 0.1) is 12.8 Å². The zero-order valence-electron chi connectivity index (χ0n) is 16.3. The number of methoxy groups -OCH3 is 1. The predicted molar refractivity (Wildman–Crippen MR) is 105 cm³/mol. The van der Waals surface area contributed by atoms with Crippen molar-refractivity contribution in [2.45, 2.75) is 46.3 Å². The first-order chi connectivity index (χ1) is 12.9. The Morgan fingerprint density at radius 2 is 2.07 bits per heavy atom. The first-order valence-electron chi connectivity index (χ1n) is 9.33. The molecule has 0 amide bonds. The number of likely N-dealkylation sites (tertiary alicyclic amines) is 1. The molecule has 8 heteroatoms. The Kier molecular flexibility index (Phi) is 6.29. The van der Waals surface area contributed by atoms with Gasteiger partial charge in [-0.1, -0.05) is 13.8 Å². The normalized spacial score (nSPS) is 16.3. The van der Waals surface area contributed by atoms with Crippen LogP contribution in [-0.4, -0.2) is 53.7 Å². The summed E-state index contributed by atoms with van der Waals surface area (Å²) >= 11 is 1.21. The van der Waals surface area contributed by atoms with Crippen LogP contribution in [-0.2, 0) is 16.0 Å². The molecule has 3 heterocycles. The third-order valence-corrected chi connectivity index (χ3v) is 5.96. The van der Waals surface area contributed by atoms with E-state index in [1.807, 2.05) is 0 Å². The average Bonchev–Trinajstić information content (AvgIpc) is 2.97. The van der Waals surface area contributed by atoms with Gasteiger partial charge in [0.15, 0.2) is 0 Å². The Labute approximate surface area is 162 Å². The summed E-state index contributed by atoms with van der Waals surface area (Å²) in [5, 5.41) is 0.477. The van der Waals surface area contributed by atoms with Gasteiger partial charge in [0.25, 0.3) is 5.56 Å². The van der Waals surface area contributed by atoms with Gasteiger partial charge in [0, 0.05) is 19.7 Å². The number of aromatic nitrogens is 2. The molecule has 2 aromatic heterocycles. The van der Waals surface area contributed by atoms with E-state index < -0.39 is 5.97 Å². The van der Waals surface area contributed by atoms with Crippen molar-refractivity contribution in [3.05, 3.63) is 26.6 Å². The second kappa shape index (κ2) is 8.50. The minimum atomic E-state index is -0.431. The molecule has 7 nitrogen and oxygen atoms in total. The van der Waals surface area contributed by atoms with Crippen molar-refractivity contribution in [1.29, 1.82) is 0 Å². The van der Waals surface area contributed by atoms with Crippen molar-refractivity contribution in [2.75, 3.05) is 26.8 Å². The summed E-state index contributed by atoms with van der Waals surface area (Å²) in [4.78, 5) is 35.1. The number of ether oxygens (including phenoxy) is 2. The maximum Gasteiger partial charge on any atom is 0.348 e. The number of carbonyl (C=O) groups is 1. The van der Waals surface area contributed by atoms with Crippen LogP contribution < -0.4 is 5.56 Å². The van der Waals surface area contributed by atoms with Crippen molar-refractivity contribution >= 4 is 27.5 Å². The molecule has 0 spiro atoms. The molecular weight excluding hydrogens is 366 g/mol. The highest BCUT2D eigenvalue weighted by Gasteiger charge is 2.23. The predicted octanol–water partition coefficient (Wildman–Crippen LogP) is 2.72. The number of aryl methyl sites for hydroxylation is 1. The number of nitrogens with one attached hydrogen (secondary N) is 1. The molecule has 0 unspecified atom stereocenters. The molecule has 0 radical (unpaired) electrons. The largest absolute Gasteiger partial charge is 0.465 e. The zero-order valence-corrected chi connectivity index (χ0v) is 17.1. The van der Waals surface area contributed by atoms with E-state index in [-0.39, 0.29) is 5.56 Å². The highest BCUT2D eigenvalue weighted by atomic mass is 32.1. The SMILES string of the molecule is COC(=O)c1sc2nc(CN3CCC(OCC(C)C)CC3)[nH]c(=O)c2c1C. The van der Waals surface area contributed by atoms with E-state index >= 15 is 0 Å². The maximum absolute atomic E-state index is 12.5. The summed E-state index contributed by atoms with van der Waals surface area (Å²) in [7, 11) is 1.34. The third-order valence-electron chi connectivity index (χ3n) is 4.79. The second-order valence-corrected chi connectivity index (χ2v) is 8.44. The molecule has 0 aliphatic carbocycles. The molecule has 27 heavy (non-hydrogen) atoms. The van der Waals surface area contributed by atoms with Gasteiger partial charge in [0.05, 0.1) is 25.1 Å². The monoisotopic (exact) mass is 393 g/mol. The first kappa shape index (κ1) is 20.0. The standard InChI is InChI=1S/C19H27N3O4S/c1-11(2)10-26-13-5-7-22(8-6-13)9-14-20-17(23)15-12(3)16(19(24)25-4)27-18(15)21-14/h11,13H,5-10H2,1-4H3,(H,20,21,23). The van der Waals surface area contributed by atoms with Gasteiger partial charge in [-0.2, -0.15) is 0 Å². The molecule has 1 aliphatic heterocycles. The number of hydrogen-bond acceptors (Lipinski definition) is 7. The number of esters is 1. The molecular formula is C19H27N3O4S. The first-order valence-corrected chi connectivity index (χ1v) is 10.1. The Bertz CT molecular complexity index is 866. The van der Waals surface area contributed by atoms with Crippen LogP contribution in [0.25, 0.3) is 10.2 Å². The van der Waals surface area contributed by atoms with Crippen LogP contribution in [0.3, 0.4) is 0 Å². The highest BCUT2D eigenvalue weighted by molar-refractivity contribution is 7.20. The molecule has 1 N–H and O–H groups in total. The third kappa shape index (κ3) is 4.56. The average molecular weight is 394 g/mol. The number of rotatable bonds is 6. The Morgan fingerprint density at radius 1 is 1.37 bits per heavy atom. The molecule has 1 saturated heterocycles. The van der Waals surface area contributed by atoms with Gasteiger partial charge in [0.2, 0.25) is 0 Å². The zero-order chi connectivity index (χ0) is 19.6. The summed E-state index contributed by atoms with van der Waals surface area (Å²) in [6.07, 6.45) is 2.30. The molecule has 2 aromatic rings. The lowest BCUT2D eigenvalue weighted by Crippen LogP contribution is -2.37. The van der Waals surface area contributed by atoms with E-state index in [0.29, 0.717) is 45.0 Å². The number of fused-ring (bicyclic) bond motifs is 1. The second-order valence-electron chi connectivity index (χ2n) is 7.44. The molecule has 3 rings (SSSR count). The van der Waals surface area contributed by atoms with Crippen molar-refractivity contribution < 1.29 is 14.3 Å². The van der Waals surface area contributed by atoms with Crippen LogP contribution in [0.2, 0.25) is 0 Å². The number of piperidine rings is 1. The van der Waals surface area contributed by atoms with E-state index in [9.17, 15) is 9.59 Å².